The number of piperidine rings is 1. The van der Waals surface area contributed by atoms with Crippen LogP contribution in [0.4, 0.5) is 0 Å². The molecule has 0 aliphatic carbocycles. The first-order valence-electron chi connectivity index (χ1n) is 6.25. The highest BCUT2D eigenvalue weighted by atomic mass is 35.5. The van der Waals surface area contributed by atoms with E-state index in [-0.39, 0.29) is 0 Å². The smallest absolute Gasteiger partial charge is 0.140 e. The van der Waals surface area contributed by atoms with E-state index in [1.807, 2.05) is 6.92 Å². The van der Waals surface area contributed by atoms with Crippen molar-refractivity contribution in [3.8, 4) is 5.75 Å². The first-order valence-corrected chi connectivity index (χ1v) is 6.63. The normalized spacial score (nSPS) is 17.1. The van der Waals surface area contributed by atoms with E-state index in [0.717, 1.165) is 41.8 Å². The second kappa shape index (κ2) is 5.74. The summed E-state index contributed by atoms with van der Waals surface area (Å²) in [5.74, 6) is 1.62. The van der Waals surface area contributed by atoms with Gasteiger partial charge in [0.1, 0.15) is 5.75 Å². The molecule has 2 nitrogen and oxygen atoms in total. The van der Waals surface area contributed by atoms with Crippen LogP contribution in [-0.2, 0) is 6.42 Å². The lowest BCUT2D eigenvalue weighted by molar-refractivity contribution is 0.361. The lowest BCUT2D eigenvalue weighted by Gasteiger charge is -2.23. The van der Waals surface area contributed by atoms with Crippen LogP contribution in [0.2, 0.25) is 5.02 Å². The highest BCUT2D eigenvalue weighted by Crippen LogP contribution is 2.34. The lowest BCUT2D eigenvalue weighted by atomic mass is 9.90. The summed E-state index contributed by atoms with van der Waals surface area (Å²) in [6, 6.07) is 4.24. The molecule has 1 aliphatic rings. The average Bonchev–Trinajstić information content (AvgIpc) is 2.36. The fourth-order valence-corrected chi connectivity index (χ4v) is 2.73. The Kier molecular flexibility index (Phi) is 4.30. The zero-order chi connectivity index (χ0) is 12.3. The summed E-state index contributed by atoms with van der Waals surface area (Å²) in [6.07, 6.45) is 3.56. The monoisotopic (exact) mass is 253 g/mol. The molecule has 1 aliphatic heterocycles. The molecule has 0 unspecified atom stereocenters. The van der Waals surface area contributed by atoms with Crippen LogP contribution in [0.5, 0.6) is 5.75 Å². The summed E-state index contributed by atoms with van der Waals surface area (Å²) in [5.41, 5.74) is 2.33. The molecule has 1 saturated heterocycles. The Bertz CT molecular complexity index is 386. The summed E-state index contributed by atoms with van der Waals surface area (Å²) in [5, 5.41) is 4.16. The molecule has 1 heterocycles. The quantitative estimate of drug-likeness (QED) is 0.893. The number of nitrogens with one attached hydrogen (secondary N) is 1. The summed E-state index contributed by atoms with van der Waals surface area (Å²) in [7, 11) is 1.70. The third-order valence-corrected chi connectivity index (χ3v) is 4.01. The third-order valence-electron chi connectivity index (χ3n) is 3.54. The van der Waals surface area contributed by atoms with Gasteiger partial charge in [-0.3, -0.25) is 0 Å². The summed E-state index contributed by atoms with van der Waals surface area (Å²) in [6.45, 7) is 4.28. The number of hydrogen-bond donors (Lipinski definition) is 1. The predicted octanol–water partition coefficient (Wildman–Crippen LogP) is 3.20. The Labute approximate surface area is 108 Å². The largest absolute Gasteiger partial charge is 0.495 e. The van der Waals surface area contributed by atoms with Gasteiger partial charge < -0.3 is 10.1 Å². The van der Waals surface area contributed by atoms with Gasteiger partial charge in [-0.25, -0.2) is 0 Å². The van der Waals surface area contributed by atoms with Gasteiger partial charge in [0.05, 0.1) is 12.1 Å². The number of rotatable bonds is 3. The van der Waals surface area contributed by atoms with Crippen LogP contribution < -0.4 is 10.1 Å². The van der Waals surface area contributed by atoms with Crippen LogP contribution in [0.1, 0.15) is 24.0 Å². The number of ether oxygens (including phenoxy) is 1. The van der Waals surface area contributed by atoms with Gasteiger partial charge >= 0.3 is 0 Å². The standard InChI is InChI=1S/C14H20ClNO/c1-10-3-4-12(14(17-2)13(10)15)9-11-5-7-16-8-6-11/h3-4,11,16H,5-9H2,1-2H3. The molecule has 0 atom stereocenters. The van der Waals surface area contributed by atoms with E-state index in [0.29, 0.717) is 0 Å². The molecule has 0 saturated carbocycles. The Balaban J connectivity index is 2.17. The van der Waals surface area contributed by atoms with E-state index in [4.69, 9.17) is 16.3 Å². The van der Waals surface area contributed by atoms with Crippen molar-refractivity contribution in [2.45, 2.75) is 26.2 Å². The number of methoxy groups -OCH3 is 1. The Morgan fingerprint density at radius 1 is 1.35 bits per heavy atom. The van der Waals surface area contributed by atoms with Crippen molar-refractivity contribution in [3.05, 3.63) is 28.3 Å². The van der Waals surface area contributed by atoms with E-state index in [9.17, 15) is 0 Å². The molecule has 0 radical (unpaired) electrons. The maximum absolute atomic E-state index is 6.28. The van der Waals surface area contributed by atoms with Gasteiger partial charge in [-0.2, -0.15) is 0 Å². The van der Waals surface area contributed by atoms with E-state index < -0.39 is 0 Å². The SMILES string of the molecule is COc1c(CC2CCNCC2)ccc(C)c1Cl. The molecule has 2 rings (SSSR count). The highest BCUT2D eigenvalue weighted by Gasteiger charge is 2.17. The van der Waals surface area contributed by atoms with E-state index >= 15 is 0 Å². The summed E-state index contributed by atoms with van der Waals surface area (Å²) >= 11 is 6.28. The highest BCUT2D eigenvalue weighted by molar-refractivity contribution is 6.32. The first kappa shape index (κ1) is 12.7. The molecule has 1 aromatic rings. The fraction of sp³-hybridized carbons (Fsp3) is 0.571. The van der Waals surface area contributed by atoms with Crippen molar-refractivity contribution in [2.75, 3.05) is 20.2 Å². The van der Waals surface area contributed by atoms with Crippen molar-refractivity contribution >= 4 is 11.6 Å². The molecule has 1 aromatic carbocycles. The van der Waals surface area contributed by atoms with Gasteiger partial charge in [0.2, 0.25) is 0 Å². The zero-order valence-electron chi connectivity index (χ0n) is 10.6. The molecule has 0 amide bonds. The molecular formula is C14H20ClNO. The molecule has 17 heavy (non-hydrogen) atoms. The van der Waals surface area contributed by atoms with Crippen LogP contribution >= 0.6 is 11.6 Å². The van der Waals surface area contributed by atoms with Gasteiger partial charge in [0.15, 0.2) is 0 Å². The van der Waals surface area contributed by atoms with Gasteiger partial charge in [-0.15, -0.1) is 0 Å². The van der Waals surface area contributed by atoms with Gasteiger partial charge in [-0.1, -0.05) is 23.7 Å². The third kappa shape index (κ3) is 2.93. The lowest BCUT2D eigenvalue weighted by Crippen LogP contribution is -2.28. The summed E-state index contributed by atoms with van der Waals surface area (Å²) in [4.78, 5) is 0. The van der Waals surface area contributed by atoms with Gasteiger partial charge in [0.25, 0.3) is 0 Å². The second-order valence-electron chi connectivity index (χ2n) is 4.79. The zero-order valence-corrected chi connectivity index (χ0v) is 11.3. The summed E-state index contributed by atoms with van der Waals surface area (Å²) < 4.78 is 5.45. The van der Waals surface area contributed by atoms with Crippen molar-refractivity contribution in [1.82, 2.24) is 5.32 Å². The number of benzene rings is 1. The van der Waals surface area contributed by atoms with Crippen molar-refractivity contribution in [3.63, 3.8) is 0 Å². The molecule has 0 aromatic heterocycles. The molecule has 1 N–H and O–H groups in total. The molecule has 0 spiro atoms. The van der Waals surface area contributed by atoms with Crippen LogP contribution in [-0.4, -0.2) is 20.2 Å². The van der Waals surface area contributed by atoms with E-state index in [2.05, 4.69) is 17.4 Å². The fourth-order valence-electron chi connectivity index (χ4n) is 2.47. The molecule has 0 bridgehead atoms. The minimum Gasteiger partial charge on any atom is -0.495 e. The Morgan fingerprint density at radius 3 is 2.71 bits per heavy atom. The molecule has 3 heteroatoms. The number of halogens is 1. The van der Waals surface area contributed by atoms with Crippen LogP contribution in [0.15, 0.2) is 12.1 Å². The van der Waals surface area contributed by atoms with E-state index in [1.54, 1.807) is 7.11 Å². The number of aryl methyl sites for hydroxylation is 1. The van der Waals surface area contributed by atoms with E-state index in [1.165, 1.54) is 18.4 Å². The molecule has 94 valence electrons. The molecule has 1 fully saturated rings. The van der Waals surface area contributed by atoms with Crippen molar-refractivity contribution < 1.29 is 4.74 Å². The average molecular weight is 254 g/mol. The van der Waals surface area contributed by atoms with Crippen LogP contribution in [0, 0.1) is 12.8 Å². The maximum Gasteiger partial charge on any atom is 0.140 e. The predicted molar refractivity (Wildman–Crippen MR) is 72.0 cm³/mol. The minimum atomic E-state index is 0.754. The first-order chi connectivity index (χ1) is 8.22. The van der Waals surface area contributed by atoms with Crippen molar-refractivity contribution in [1.29, 1.82) is 0 Å². The minimum absolute atomic E-state index is 0.754. The maximum atomic E-state index is 6.28. The Hall–Kier alpha value is -0.730. The Morgan fingerprint density at radius 2 is 2.06 bits per heavy atom. The van der Waals surface area contributed by atoms with Crippen LogP contribution in [0.25, 0.3) is 0 Å². The van der Waals surface area contributed by atoms with Gasteiger partial charge in [-0.05, 0) is 56.3 Å². The molecular weight excluding hydrogens is 234 g/mol. The van der Waals surface area contributed by atoms with Crippen molar-refractivity contribution in [2.24, 2.45) is 5.92 Å². The topological polar surface area (TPSA) is 21.3 Å². The second-order valence-corrected chi connectivity index (χ2v) is 5.16. The van der Waals surface area contributed by atoms with Crippen LogP contribution in [0.3, 0.4) is 0 Å². The van der Waals surface area contributed by atoms with Gasteiger partial charge in [0, 0.05) is 0 Å². The number of hydrogen-bond acceptors (Lipinski definition) is 2.